The van der Waals surface area contributed by atoms with Gasteiger partial charge in [0.2, 0.25) is 5.91 Å². The van der Waals surface area contributed by atoms with Crippen molar-refractivity contribution in [1.82, 2.24) is 19.6 Å². The summed E-state index contributed by atoms with van der Waals surface area (Å²) in [6.07, 6.45) is 2.72. The van der Waals surface area contributed by atoms with Crippen LogP contribution in [0.15, 0.2) is 36.7 Å². The quantitative estimate of drug-likeness (QED) is 0.440. The Kier molecular flexibility index (Phi) is 6.07. The number of amides is 1. The van der Waals surface area contributed by atoms with E-state index in [-0.39, 0.29) is 41.2 Å². The molecule has 0 saturated heterocycles. The molecule has 0 aliphatic carbocycles. The number of halogens is 2. The van der Waals surface area contributed by atoms with Crippen LogP contribution in [0.1, 0.15) is 12.0 Å². The van der Waals surface area contributed by atoms with Crippen molar-refractivity contribution in [3.05, 3.63) is 63.2 Å². The number of anilines is 1. The van der Waals surface area contributed by atoms with E-state index in [4.69, 9.17) is 16.3 Å². The van der Waals surface area contributed by atoms with Crippen LogP contribution in [0.5, 0.6) is 5.88 Å². The molecular formula is C17H16ClFN6O4. The number of rotatable bonds is 8. The van der Waals surface area contributed by atoms with E-state index >= 15 is 0 Å². The standard InChI is InChI=1S/C17H16ClFN6O4/c1-29-17-14(25(27)28)10-23(22-17)7-6-15(26)20-16-13(18)9-24(21-16)8-11-2-4-12(19)5-3-11/h2-5,9-10H,6-8H2,1H3,(H,20,21,26). The number of carbonyl (C=O) groups is 1. The number of benzene rings is 1. The highest BCUT2D eigenvalue weighted by Gasteiger charge is 2.20. The van der Waals surface area contributed by atoms with Gasteiger partial charge in [0.25, 0.3) is 0 Å². The van der Waals surface area contributed by atoms with E-state index in [0.29, 0.717) is 6.54 Å². The van der Waals surface area contributed by atoms with Gasteiger partial charge in [-0.3, -0.25) is 24.3 Å². The molecule has 2 heterocycles. The van der Waals surface area contributed by atoms with Crippen LogP contribution in [-0.4, -0.2) is 37.5 Å². The number of aryl methyl sites for hydroxylation is 1. The second kappa shape index (κ2) is 8.69. The summed E-state index contributed by atoms with van der Waals surface area (Å²) in [5.41, 5.74) is 0.535. The first-order valence-electron chi connectivity index (χ1n) is 8.39. The second-order valence-electron chi connectivity index (χ2n) is 5.99. The van der Waals surface area contributed by atoms with Gasteiger partial charge in [-0.1, -0.05) is 23.7 Å². The fraction of sp³-hybridized carbons (Fsp3) is 0.235. The Labute approximate surface area is 169 Å². The lowest BCUT2D eigenvalue weighted by atomic mass is 10.2. The Morgan fingerprint density at radius 1 is 1.28 bits per heavy atom. The molecule has 3 aromatic rings. The Balaban J connectivity index is 1.59. The van der Waals surface area contributed by atoms with Crippen LogP contribution in [0.25, 0.3) is 0 Å². The van der Waals surface area contributed by atoms with Gasteiger partial charge in [0.05, 0.1) is 25.1 Å². The van der Waals surface area contributed by atoms with Gasteiger partial charge in [-0.05, 0) is 17.7 Å². The SMILES string of the molecule is COc1nn(CCC(=O)Nc2nn(Cc3ccc(F)cc3)cc2Cl)cc1[N+](=O)[O-]. The number of nitrogens with one attached hydrogen (secondary N) is 1. The fourth-order valence-corrected chi connectivity index (χ4v) is 2.73. The number of methoxy groups -OCH3 is 1. The van der Waals surface area contributed by atoms with Crippen molar-refractivity contribution in [3.8, 4) is 5.88 Å². The van der Waals surface area contributed by atoms with Crippen molar-refractivity contribution in [1.29, 1.82) is 0 Å². The number of nitrogens with zero attached hydrogens (tertiary/aromatic N) is 5. The van der Waals surface area contributed by atoms with Gasteiger partial charge in [0.15, 0.2) is 5.82 Å². The van der Waals surface area contributed by atoms with E-state index in [1.54, 1.807) is 18.3 Å². The van der Waals surface area contributed by atoms with Gasteiger partial charge in [-0.2, -0.15) is 5.10 Å². The van der Waals surface area contributed by atoms with Crippen molar-refractivity contribution < 1.29 is 18.8 Å². The minimum absolute atomic E-state index is 0.0108. The number of nitro groups is 1. The topological polar surface area (TPSA) is 117 Å². The predicted octanol–water partition coefficient (Wildman–Crippen LogP) is 2.87. The average molecular weight is 423 g/mol. The summed E-state index contributed by atoms with van der Waals surface area (Å²) in [6, 6.07) is 5.94. The zero-order chi connectivity index (χ0) is 21.0. The number of hydrogen-bond donors (Lipinski definition) is 1. The van der Waals surface area contributed by atoms with Gasteiger partial charge in [-0.15, -0.1) is 5.10 Å². The zero-order valence-electron chi connectivity index (χ0n) is 15.2. The molecule has 0 saturated carbocycles. The minimum Gasteiger partial charge on any atom is -0.475 e. The first kappa shape index (κ1) is 20.3. The van der Waals surface area contributed by atoms with Crippen molar-refractivity contribution in [2.24, 2.45) is 0 Å². The maximum absolute atomic E-state index is 13.0. The highest BCUT2D eigenvalue weighted by molar-refractivity contribution is 6.33. The van der Waals surface area contributed by atoms with Crippen LogP contribution in [0.3, 0.4) is 0 Å². The number of carbonyl (C=O) groups excluding carboxylic acids is 1. The third-order valence-corrected chi connectivity index (χ3v) is 4.18. The van der Waals surface area contributed by atoms with Crippen molar-refractivity contribution in [3.63, 3.8) is 0 Å². The van der Waals surface area contributed by atoms with E-state index in [1.807, 2.05) is 0 Å². The molecule has 0 aliphatic rings. The third-order valence-electron chi connectivity index (χ3n) is 3.90. The predicted molar refractivity (Wildman–Crippen MR) is 101 cm³/mol. The summed E-state index contributed by atoms with van der Waals surface area (Å²) < 4.78 is 20.6. The second-order valence-corrected chi connectivity index (χ2v) is 6.40. The molecule has 0 atom stereocenters. The molecule has 3 rings (SSSR count). The Bertz CT molecular complexity index is 1030. The molecule has 1 amide bonds. The lowest BCUT2D eigenvalue weighted by molar-refractivity contribution is -0.385. The van der Waals surface area contributed by atoms with Crippen LogP contribution in [0.2, 0.25) is 5.02 Å². The first-order chi connectivity index (χ1) is 13.9. The smallest absolute Gasteiger partial charge is 0.350 e. The summed E-state index contributed by atoms with van der Waals surface area (Å²) in [5, 5.41) is 21.9. The molecule has 0 fully saturated rings. The zero-order valence-corrected chi connectivity index (χ0v) is 16.0. The molecule has 0 bridgehead atoms. The molecule has 29 heavy (non-hydrogen) atoms. The Morgan fingerprint density at radius 2 is 2.00 bits per heavy atom. The molecule has 152 valence electrons. The van der Waals surface area contributed by atoms with Crippen LogP contribution in [0, 0.1) is 15.9 Å². The molecule has 10 nitrogen and oxygen atoms in total. The maximum atomic E-state index is 13.0. The highest BCUT2D eigenvalue weighted by atomic mass is 35.5. The molecule has 0 aliphatic heterocycles. The van der Waals surface area contributed by atoms with Crippen molar-refractivity contribution in [2.45, 2.75) is 19.5 Å². The van der Waals surface area contributed by atoms with Gasteiger partial charge in [0.1, 0.15) is 17.0 Å². The van der Waals surface area contributed by atoms with Crippen LogP contribution in [0.4, 0.5) is 15.9 Å². The van der Waals surface area contributed by atoms with E-state index in [0.717, 1.165) is 5.56 Å². The normalized spacial score (nSPS) is 10.7. The summed E-state index contributed by atoms with van der Waals surface area (Å²) in [5.74, 6) is -0.669. The van der Waals surface area contributed by atoms with E-state index in [2.05, 4.69) is 15.5 Å². The maximum Gasteiger partial charge on any atom is 0.350 e. The first-order valence-corrected chi connectivity index (χ1v) is 8.76. The Hall–Kier alpha value is -3.47. The van der Waals surface area contributed by atoms with Crippen molar-refractivity contribution in [2.75, 3.05) is 12.4 Å². The van der Waals surface area contributed by atoms with Gasteiger partial charge in [0, 0.05) is 12.6 Å². The van der Waals surface area contributed by atoms with E-state index in [9.17, 15) is 19.3 Å². The number of ether oxygens (including phenoxy) is 1. The monoisotopic (exact) mass is 422 g/mol. The summed E-state index contributed by atoms with van der Waals surface area (Å²) >= 11 is 6.11. The molecule has 12 heteroatoms. The molecular weight excluding hydrogens is 407 g/mol. The number of hydrogen-bond acceptors (Lipinski definition) is 6. The van der Waals surface area contributed by atoms with Crippen LogP contribution < -0.4 is 10.1 Å². The molecule has 1 aromatic carbocycles. The largest absolute Gasteiger partial charge is 0.475 e. The van der Waals surface area contributed by atoms with Gasteiger partial charge in [-0.25, -0.2) is 4.39 Å². The van der Waals surface area contributed by atoms with Gasteiger partial charge < -0.3 is 10.1 Å². The average Bonchev–Trinajstić information content (AvgIpc) is 3.25. The molecule has 0 radical (unpaired) electrons. The highest BCUT2D eigenvalue weighted by Crippen LogP contribution is 2.24. The van der Waals surface area contributed by atoms with Crippen LogP contribution in [-0.2, 0) is 17.9 Å². The summed E-state index contributed by atoms with van der Waals surface area (Å²) in [4.78, 5) is 22.5. The van der Waals surface area contributed by atoms with E-state index in [1.165, 1.54) is 34.8 Å². The Morgan fingerprint density at radius 3 is 2.62 bits per heavy atom. The van der Waals surface area contributed by atoms with E-state index < -0.39 is 10.8 Å². The number of aromatic nitrogens is 4. The summed E-state index contributed by atoms with van der Waals surface area (Å²) in [7, 11) is 1.27. The fourth-order valence-electron chi connectivity index (χ4n) is 2.53. The molecule has 2 aromatic heterocycles. The lowest BCUT2D eigenvalue weighted by Crippen LogP contribution is -2.15. The molecule has 0 spiro atoms. The lowest BCUT2D eigenvalue weighted by Gasteiger charge is -2.04. The minimum atomic E-state index is -0.615. The van der Waals surface area contributed by atoms with Crippen molar-refractivity contribution >= 4 is 29.0 Å². The van der Waals surface area contributed by atoms with Crippen LogP contribution >= 0.6 is 11.6 Å². The molecule has 1 N–H and O–H groups in total. The third kappa shape index (κ3) is 5.08. The summed E-state index contributed by atoms with van der Waals surface area (Å²) in [6.45, 7) is 0.455. The molecule has 0 unspecified atom stereocenters. The van der Waals surface area contributed by atoms with Gasteiger partial charge >= 0.3 is 11.6 Å².